The highest BCUT2D eigenvalue weighted by molar-refractivity contribution is 9.10. The molecule has 0 N–H and O–H groups in total. The smallest absolute Gasteiger partial charge is 0.416 e. The number of hydrogen-bond donors (Lipinski definition) is 0. The summed E-state index contributed by atoms with van der Waals surface area (Å²) in [7, 11) is 0. The van der Waals surface area contributed by atoms with E-state index < -0.39 is 52.5 Å². The van der Waals surface area contributed by atoms with Crippen LogP contribution in [0.1, 0.15) is 26.3 Å². The van der Waals surface area contributed by atoms with Crippen molar-refractivity contribution in [1.82, 2.24) is 0 Å². The van der Waals surface area contributed by atoms with E-state index in [1.807, 2.05) is 0 Å². The third kappa shape index (κ3) is 3.62. The maximum atomic E-state index is 14.3. The van der Waals surface area contributed by atoms with Crippen LogP contribution in [0.25, 0.3) is 0 Å². The largest absolute Gasteiger partial charge is 0.449 e. The summed E-state index contributed by atoms with van der Waals surface area (Å²) in [5, 5.41) is 0. The highest BCUT2D eigenvalue weighted by atomic mass is 79.9. The number of nitrogens with zero attached hydrogens (tertiary/aromatic N) is 1. The standard InChI is InChI=1S/C21H8BrF6NO3/c22-12-7-16(29-19(30)10-3-1-2-4-11(10)20(29)31)17(8-13(12)23)32-18-14(24)5-9(6-15(18)25)21(26,27)28/h1-8H. The molecule has 1 aliphatic heterocycles. The first-order chi connectivity index (χ1) is 15.0. The van der Waals surface area contributed by atoms with Crippen LogP contribution in [0.15, 0.2) is 53.0 Å². The first-order valence-corrected chi connectivity index (χ1v) is 9.49. The molecule has 4 rings (SSSR count). The molecule has 0 aliphatic carbocycles. The number of carbonyl (C=O) groups is 2. The molecule has 1 heterocycles. The molecule has 0 radical (unpaired) electrons. The average molecular weight is 516 g/mol. The Hall–Kier alpha value is -3.34. The van der Waals surface area contributed by atoms with Crippen molar-refractivity contribution in [3.8, 4) is 11.5 Å². The Balaban J connectivity index is 1.82. The van der Waals surface area contributed by atoms with Crippen LogP contribution in [-0.2, 0) is 6.18 Å². The molecule has 0 aromatic heterocycles. The van der Waals surface area contributed by atoms with Gasteiger partial charge in [0.25, 0.3) is 11.8 Å². The van der Waals surface area contributed by atoms with Gasteiger partial charge in [-0.1, -0.05) is 12.1 Å². The third-order valence-electron chi connectivity index (χ3n) is 4.57. The summed E-state index contributed by atoms with van der Waals surface area (Å²) >= 11 is 2.90. The number of hydrogen-bond acceptors (Lipinski definition) is 3. The summed E-state index contributed by atoms with van der Waals surface area (Å²) in [5.41, 5.74) is -1.89. The van der Waals surface area contributed by atoms with E-state index in [0.29, 0.717) is 11.0 Å². The molecule has 0 saturated heterocycles. The number of anilines is 1. The Bertz CT molecular complexity index is 1230. The molecule has 0 saturated carbocycles. The lowest BCUT2D eigenvalue weighted by Crippen LogP contribution is -2.29. The average Bonchev–Trinajstić information content (AvgIpc) is 2.97. The lowest BCUT2D eigenvalue weighted by molar-refractivity contribution is -0.138. The summed E-state index contributed by atoms with van der Waals surface area (Å²) in [6, 6.07) is 7.42. The normalized spacial score (nSPS) is 13.5. The maximum absolute atomic E-state index is 14.3. The molecule has 32 heavy (non-hydrogen) atoms. The van der Waals surface area contributed by atoms with Gasteiger partial charge in [0, 0.05) is 6.07 Å². The van der Waals surface area contributed by atoms with Gasteiger partial charge in [-0.25, -0.2) is 18.1 Å². The second kappa shape index (κ2) is 7.66. The van der Waals surface area contributed by atoms with Crippen LogP contribution >= 0.6 is 15.9 Å². The molecule has 164 valence electrons. The minimum absolute atomic E-state index is 0.00924. The molecule has 1 aliphatic rings. The molecule has 11 heteroatoms. The first kappa shape index (κ1) is 21.9. The molecule has 0 bridgehead atoms. The number of fused-ring (bicyclic) bond motifs is 1. The van der Waals surface area contributed by atoms with Gasteiger partial charge in [-0.2, -0.15) is 13.2 Å². The predicted molar refractivity (Wildman–Crippen MR) is 103 cm³/mol. The first-order valence-electron chi connectivity index (χ1n) is 8.70. The van der Waals surface area contributed by atoms with Crippen LogP contribution in [0.5, 0.6) is 11.5 Å². The third-order valence-corrected chi connectivity index (χ3v) is 5.18. The fourth-order valence-corrected chi connectivity index (χ4v) is 3.44. The van der Waals surface area contributed by atoms with Crippen molar-refractivity contribution in [2.45, 2.75) is 6.18 Å². The zero-order chi connectivity index (χ0) is 23.4. The summed E-state index contributed by atoms with van der Waals surface area (Å²) in [6.07, 6.45) is -5.02. The second-order valence-corrected chi connectivity index (χ2v) is 7.45. The van der Waals surface area contributed by atoms with Crippen LogP contribution in [0, 0.1) is 17.5 Å². The lowest BCUT2D eigenvalue weighted by Gasteiger charge is -2.20. The fourth-order valence-electron chi connectivity index (χ4n) is 3.11. The van der Waals surface area contributed by atoms with Gasteiger partial charge in [0.15, 0.2) is 23.1 Å². The number of alkyl halides is 3. The molecular weight excluding hydrogens is 508 g/mol. The van der Waals surface area contributed by atoms with Gasteiger partial charge < -0.3 is 4.74 Å². The van der Waals surface area contributed by atoms with E-state index in [1.165, 1.54) is 24.3 Å². The summed E-state index contributed by atoms with van der Waals surface area (Å²) in [5.74, 6) is -7.95. The number of ether oxygens (including phenoxy) is 1. The van der Waals surface area contributed by atoms with E-state index >= 15 is 0 Å². The van der Waals surface area contributed by atoms with E-state index in [4.69, 9.17) is 4.74 Å². The van der Waals surface area contributed by atoms with Crippen molar-refractivity contribution in [1.29, 1.82) is 0 Å². The molecule has 3 aromatic rings. The van der Waals surface area contributed by atoms with Gasteiger partial charge >= 0.3 is 6.18 Å². The maximum Gasteiger partial charge on any atom is 0.416 e. The predicted octanol–water partition coefficient (Wildman–Crippen LogP) is 6.48. The van der Waals surface area contributed by atoms with Crippen LogP contribution in [0.3, 0.4) is 0 Å². The number of carbonyl (C=O) groups excluding carboxylic acids is 2. The minimum atomic E-state index is -5.02. The van der Waals surface area contributed by atoms with E-state index in [9.17, 15) is 35.9 Å². The molecule has 2 amide bonds. The van der Waals surface area contributed by atoms with E-state index in [0.717, 1.165) is 6.07 Å². The van der Waals surface area contributed by atoms with Crippen molar-refractivity contribution < 1.29 is 40.7 Å². The van der Waals surface area contributed by atoms with Crippen LogP contribution in [-0.4, -0.2) is 11.8 Å². The SMILES string of the molecule is O=C1c2ccccc2C(=O)N1c1cc(Br)c(F)cc1Oc1c(F)cc(C(F)(F)F)cc1F. The number of halogens is 7. The monoisotopic (exact) mass is 515 g/mol. The summed E-state index contributed by atoms with van der Waals surface area (Å²) in [4.78, 5) is 26.1. The molecule has 0 spiro atoms. The van der Waals surface area contributed by atoms with Gasteiger partial charge in [0.05, 0.1) is 26.9 Å². The van der Waals surface area contributed by atoms with Crippen molar-refractivity contribution >= 4 is 33.4 Å². The van der Waals surface area contributed by atoms with E-state index in [1.54, 1.807) is 0 Å². The summed E-state index contributed by atoms with van der Waals surface area (Å²) in [6.45, 7) is 0. The number of amides is 2. The van der Waals surface area contributed by atoms with Crippen molar-refractivity contribution in [3.05, 3.63) is 87.1 Å². The molecule has 0 unspecified atom stereocenters. The highest BCUT2D eigenvalue weighted by Crippen LogP contribution is 2.42. The van der Waals surface area contributed by atoms with Gasteiger partial charge in [-0.3, -0.25) is 9.59 Å². The summed E-state index contributed by atoms with van der Waals surface area (Å²) < 4.78 is 85.9. The fraction of sp³-hybridized carbons (Fsp3) is 0.0476. The Morgan fingerprint density at radius 2 is 1.34 bits per heavy atom. The van der Waals surface area contributed by atoms with E-state index in [-0.39, 0.29) is 33.4 Å². The Labute approximate surface area is 184 Å². The van der Waals surface area contributed by atoms with Gasteiger partial charge in [-0.15, -0.1) is 0 Å². The minimum Gasteiger partial charge on any atom is -0.449 e. The topological polar surface area (TPSA) is 46.6 Å². The number of benzene rings is 3. The highest BCUT2D eigenvalue weighted by Gasteiger charge is 2.39. The Morgan fingerprint density at radius 1 is 0.812 bits per heavy atom. The second-order valence-electron chi connectivity index (χ2n) is 6.59. The Kier molecular flexibility index (Phi) is 5.24. The number of rotatable bonds is 3. The lowest BCUT2D eigenvalue weighted by atomic mass is 10.1. The van der Waals surface area contributed by atoms with Gasteiger partial charge in [-0.05, 0) is 46.3 Å². The van der Waals surface area contributed by atoms with Crippen LogP contribution < -0.4 is 9.64 Å². The van der Waals surface area contributed by atoms with Crippen LogP contribution in [0.2, 0.25) is 0 Å². The quantitative estimate of drug-likeness (QED) is 0.296. The Morgan fingerprint density at radius 3 is 1.84 bits per heavy atom. The van der Waals surface area contributed by atoms with Crippen LogP contribution in [0.4, 0.5) is 32.0 Å². The molecule has 0 fully saturated rings. The molecule has 3 aromatic carbocycles. The van der Waals surface area contributed by atoms with Crippen molar-refractivity contribution in [3.63, 3.8) is 0 Å². The molecule has 0 atom stereocenters. The zero-order valence-electron chi connectivity index (χ0n) is 15.4. The van der Waals surface area contributed by atoms with Crippen molar-refractivity contribution in [2.24, 2.45) is 0 Å². The zero-order valence-corrected chi connectivity index (χ0v) is 17.0. The van der Waals surface area contributed by atoms with Gasteiger partial charge in [0.1, 0.15) is 5.82 Å². The van der Waals surface area contributed by atoms with Gasteiger partial charge in [0.2, 0.25) is 0 Å². The molecular formula is C21H8BrF6NO3. The van der Waals surface area contributed by atoms with Crippen molar-refractivity contribution in [2.75, 3.05) is 4.90 Å². The number of imide groups is 1. The molecule has 4 nitrogen and oxygen atoms in total. The van der Waals surface area contributed by atoms with E-state index in [2.05, 4.69) is 15.9 Å².